The molecule has 1 fully saturated rings. The first-order chi connectivity index (χ1) is 16.9. The predicted octanol–water partition coefficient (Wildman–Crippen LogP) is 2.33. The summed E-state index contributed by atoms with van der Waals surface area (Å²) in [6.45, 7) is 9.64. The van der Waals surface area contributed by atoms with Gasteiger partial charge in [0, 0.05) is 44.0 Å². The van der Waals surface area contributed by atoms with Crippen LogP contribution in [0.15, 0.2) is 30.3 Å². The average Bonchev–Trinajstić information content (AvgIpc) is 3.14. The molecule has 9 nitrogen and oxygen atoms in total. The number of hydrogen-bond acceptors (Lipinski definition) is 7. The molecule has 1 aliphatic heterocycles. The van der Waals surface area contributed by atoms with E-state index in [9.17, 15) is 14.4 Å². The van der Waals surface area contributed by atoms with Gasteiger partial charge < -0.3 is 23.7 Å². The van der Waals surface area contributed by atoms with Crippen molar-refractivity contribution < 1.29 is 28.6 Å². The molecule has 1 aliphatic rings. The molecule has 9 heteroatoms. The maximum Gasteiger partial charge on any atom is 0.354 e. The Bertz CT molecular complexity index is 1030. The number of carbonyl (C=O) groups is 3. The fourth-order valence-electron chi connectivity index (χ4n) is 4.45. The van der Waals surface area contributed by atoms with E-state index in [0.29, 0.717) is 61.1 Å². The lowest BCUT2D eigenvalue weighted by molar-refractivity contribution is -0.133. The number of nitrogens with zero attached hydrogens (tertiary/aromatic N) is 3. The Labute approximate surface area is 206 Å². The molecule has 0 radical (unpaired) electrons. The van der Waals surface area contributed by atoms with Gasteiger partial charge in [-0.2, -0.15) is 0 Å². The molecule has 0 bridgehead atoms. The van der Waals surface area contributed by atoms with Crippen molar-refractivity contribution in [3.8, 4) is 5.75 Å². The van der Waals surface area contributed by atoms with Crippen molar-refractivity contribution in [3.63, 3.8) is 0 Å². The van der Waals surface area contributed by atoms with Crippen molar-refractivity contribution in [1.29, 1.82) is 0 Å². The van der Waals surface area contributed by atoms with Crippen molar-refractivity contribution in [2.75, 3.05) is 59.7 Å². The fraction of sp³-hybridized carbons (Fsp3) is 0.500. The van der Waals surface area contributed by atoms with E-state index < -0.39 is 5.97 Å². The highest BCUT2D eigenvalue weighted by atomic mass is 16.5. The van der Waals surface area contributed by atoms with Crippen LogP contribution in [0.5, 0.6) is 5.75 Å². The molecule has 1 amide bonds. The highest BCUT2D eigenvalue weighted by molar-refractivity contribution is 6.04. The zero-order valence-electron chi connectivity index (χ0n) is 21.0. The lowest BCUT2D eigenvalue weighted by Crippen LogP contribution is -2.46. The van der Waals surface area contributed by atoms with Crippen molar-refractivity contribution in [2.24, 2.45) is 0 Å². The summed E-state index contributed by atoms with van der Waals surface area (Å²) in [5.41, 5.74) is 2.09. The number of para-hydroxylation sites is 1. The quantitative estimate of drug-likeness (QED) is 0.356. The molecule has 0 N–H and O–H groups in total. The van der Waals surface area contributed by atoms with Crippen LogP contribution in [0.25, 0.3) is 0 Å². The van der Waals surface area contributed by atoms with Crippen LogP contribution in [0.4, 0.5) is 0 Å². The third-order valence-electron chi connectivity index (χ3n) is 6.32. The van der Waals surface area contributed by atoms with Gasteiger partial charge in [-0.25, -0.2) is 4.79 Å². The second kappa shape index (κ2) is 12.5. The first-order valence-corrected chi connectivity index (χ1v) is 11.9. The Morgan fingerprint density at radius 3 is 2.40 bits per heavy atom. The predicted molar refractivity (Wildman–Crippen MR) is 131 cm³/mol. The monoisotopic (exact) mass is 485 g/mol. The number of amides is 1. The van der Waals surface area contributed by atoms with Crippen molar-refractivity contribution >= 4 is 17.7 Å². The minimum Gasteiger partial charge on any atom is -0.484 e. The van der Waals surface area contributed by atoms with Crippen molar-refractivity contribution in [3.05, 3.63) is 52.8 Å². The third kappa shape index (κ3) is 6.49. The van der Waals surface area contributed by atoms with Gasteiger partial charge in [-0.1, -0.05) is 18.2 Å². The maximum atomic E-state index is 13.5. The summed E-state index contributed by atoms with van der Waals surface area (Å²) >= 11 is 0. The molecule has 0 aliphatic carbocycles. The molecule has 2 aromatic rings. The molecule has 35 heavy (non-hydrogen) atoms. The van der Waals surface area contributed by atoms with E-state index in [-0.39, 0.29) is 24.8 Å². The van der Waals surface area contributed by atoms with Crippen molar-refractivity contribution in [2.45, 2.75) is 27.3 Å². The first kappa shape index (κ1) is 26.4. The highest BCUT2D eigenvalue weighted by Crippen LogP contribution is 2.24. The number of benzene rings is 1. The Morgan fingerprint density at radius 2 is 1.77 bits per heavy atom. The molecule has 190 valence electrons. The topological polar surface area (TPSA) is 90.3 Å². The van der Waals surface area contributed by atoms with E-state index in [1.165, 1.54) is 7.11 Å². The maximum absolute atomic E-state index is 13.5. The Kier molecular flexibility index (Phi) is 9.45. The van der Waals surface area contributed by atoms with E-state index in [1.807, 2.05) is 32.0 Å². The number of carbonyl (C=O) groups excluding carboxylic acids is 3. The summed E-state index contributed by atoms with van der Waals surface area (Å²) in [6, 6.07) is 9.11. The van der Waals surface area contributed by atoms with Gasteiger partial charge in [0.1, 0.15) is 11.4 Å². The van der Waals surface area contributed by atoms with Crippen LogP contribution < -0.4 is 4.74 Å². The van der Waals surface area contributed by atoms with E-state index >= 15 is 0 Å². The number of ether oxygens (including phenoxy) is 3. The molecule has 1 saturated heterocycles. The Morgan fingerprint density at radius 1 is 1.09 bits per heavy atom. The number of Topliss-reactive ketones (excluding diaryl/α,β-unsaturated/α-hetero) is 1. The van der Waals surface area contributed by atoms with Crippen LogP contribution in [0.1, 0.15) is 39.0 Å². The largest absolute Gasteiger partial charge is 0.484 e. The van der Waals surface area contributed by atoms with Gasteiger partial charge in [0.2, 0.25) is 0 Å². The molecule has 0 unspecified atom stereocenters. The van der Waals surface area contributed by atoms with Gasteiger partial charge in [0.25, 0.3) is 5.91 Å². The molecule has 0 spiro atoms. The second-order valence-electron chi connectivity index (χ2n) is 8.46. The van der Waals surface area contributed by atoms with Crippen LogP contribution in [0, 0.1) is 13.8 Å². The first-order valence-electron chi connectivity index (χ1n) is 11.9. The van der Waals surface area contributed by atoms with E-state index in [1.54, 1.807) is 28.5 Å². The smallest absolute Gasteiger partial charge is 0.354 e. The second-order valence-corrected chi connectivity index (χ2v) is 8.46. The van der Waals surface area contributed by atoms with Crippen LogP contribution in [0.3, 0.4) is 0 Å². The summed E-state index contributed by atoms with van der Waals surface area (Å²) in [6.07, 6.45) is 0. The summed E-state index contributed by atoms with van der Waals surface area (Å²) in [7, 11) is 1.32. The minimum atomic E-state index is -0.483. The van der Waals surface area contributed by atoms with Gasteiger partial charge in [-0.3, -0.25) is 14.5 Å². The van der Waals surface area contributed by atoms with Crippen LogP contribution in [-0.4, -0.2) is 91.7 Å². The normalized spacial score (nSPS) is 13.9. The van der Waals surface area contributed by atoms with Crippen molar-refractivity contribution in [1.82, 2.24) is 14.4 Å². The van der Waals surface area contributed by atoms with Gasteiger partial charge in [0.15, 0.2) is 12.4 Å². The fourth-order valence-corrected chi connectivity index (χ4v) is 4.45. The SMILES string of the molecule is CCn1c(C)c(C(=O)CN(CCN2CCOCC2)C(=O)COc2ccccc2)c(C)c1C(=O)OC. The molecule has 2 heterocycles. The molecular formula is C26H35N3O6. The van der Waals surface area contributed by atoms with Crippen LogP contribution in [-0.2, 0) is 20.8 Å². The number of aromatic nitrogens is 1. The molecular weight excluding hydrogens is 450 g/mol. The number of ketones is 1. The molecule has 1 aromatic carbocycles. The molecule has 0 saturated carbocycles. The van der Waals surface area contributed by atoms with Gasteiger partial charge >= 0.3 is 5.97 Å². The minimum absolute atomic E-state index is 0.0999. The number of methoxy groups -OCH3 is 1. The van der Waals surface area contributed by atoms with Crippen LogP contribution in [0.2, 0.25) is 0 Å². The summed E-state index contributed by atoms with van der Waals surface area (Å²) in [5, 5.41) is 0. The zero-order chi connectivity index (χ0) is 25.4. The van der Waals surface area contributed by atoms with E-state index in [4.69, 9.17) is 14.2 Å². The lowest BCUT2D eigenvalue weighted by Gasteiger charge is -2.30. The molecule has 0 atom stereocenters. The lowest BCUT2D eigenvalue weighted by atomic mass is 10.1. The highest BCUT2D eigenvalue weighted by Gasteiger charge is 2.28. The Balaban J connectivity index is 1.79. The number of morpholine rings is 1. The Hall–Kier alpha value is -3.17. The molecule has 3 rings (SSSR count). The van der Waals surface area contributed by atoms with Crippen LogP contribution >= 0.6 is 0 Å². The molecule has 1 aromatic heterocycles. The van der Waals surface area contributed by atoms with Gasteiger partial charge in [-0.05, 0) is 38.5 Å². The number of rotatable bonds is 11. The zero-order valence-corrected chi connectivity index (χ0v) is 21.0. The number of hydrogen-bond donors (Lipinski definition) is 0. The van der Waals surface area contributed by atoms with E-state index in [0.717, 1.165) is 13.1 Å². The van der Waals surface area contributed by atoms with Gasteiger partial charge in [0.05, 0.1) is 26.9 Å². The van der Waals surface area contributed by atoms with Gasteiger partial charge in [-0.15, -0.1) is 0 Å². The average molecular weight is 486 g/mol. The summed E-state index contributed by atoms with van der Waals surface area (Å²) in [5.74, 6) is -0.376. The standard InChI is InChI=1S/C26H35N3O6/c1-5-29-20(3)24(19(2)25(29)26(32)33-4)22(30)17-28(12-11-27-13-15-34-16-14-27)23(31)18-35-21-9-7-6-8-10-21/h6-10H,5,11-18H2,1-4H3. The third-order valence-corrected chi connectivity index (χ3v) is 6.32. The number of esters is 1. The van der Waals surface area contributed by atoms with E-state index in [2.05, 4.69) is 4.90 Å². The summed E-state index contributed by atoms with van der Waals surface area (Å²) < 4.78 is 17.8. The summed E-state index contributed by atoms with van der Waals surface area (Å²) in [4.78, 5) is 42.8.